The fourth-order valence-electron chi connectivity index (χ4n) is 3.72. The van der Waals surface area contributed by atoms with Gasteiger partial charge in [0, 0.05) is 17.5 Å². The standard InChI is InChI=1S/C17H19NO2/c19-11-15-9-14-8-12(2-3-16(14)18-15)13-4-7-20-17(10-13)5-1-6-17/h2-3,8-9,11,13,18H,1,4-7,10H2. The minimum absolute atomic E-state index is 0.185. The van der Waals surface area contributed by atoms with E-state index in [1.165, 1.54) is 24.8 Å². The Hall–Kier alpha value is -1.61. The number of H-pyrrole nitrogens is 1. The monoisotopic (exact) mass is 269 g/mol. The molecule has 1 unspecified atom stereocenters. The molecule has 3 nitrogen and oxygen atoms in total. The van der Waals surface area contributed by atoms with Gasteiger partial charge in [-0.05, 0) is 61.8 Å². The van der Waals surface area contributed by atoms with Gasteiger partial charge in [-0.25, -0.2) is 0 Å². The second kappa shape index (κ2) is 4.45. The number of carbonyl (C=O) groups is 1. The summed E-state index contributed by atoms with van der Waals surface area (Å²) in [5, 5.41) is 1.14. The lowest BCUT2D eigenvalue weighted by Crippen LogP contribution is -2.44. The molecule has 2 fully saturated rings. The number of fused-ring (bicyclic) bond motifs is 1. The molecule has 2 heterocycles. The summed E-state index contributed by atoms with van der Waals surface area (Å²) in [4.78, 5) is 14.0. The van der Waals surface area contributed by atoms with Gasteiger partial charge >= 0.3 is 0 Å². The molecule has 1 aliphatic heterocycles. The zero-order valence-corrected chi connectivity index (χ0v) is 11.5. The molecule has 2 aliphatic rings. The van der Waals surface area contributed by atoms with Crippen molar-refractivity contribution in [1.29, 1.82) is 0 Å². The van der Waals surface area contributed by atoms with Crippen LogP contribution in [0.5, 0.6) is 0 Å². The van der Waals surface area contributed by atoms with Crippen LogP contribution >= 0.6 is 0 Å². The Morgan fingerprint density at radius 2 is 2.20 bits per heavy atom. The van der Waals surface area contributed by atoms with Crippen molar-refractivity contribution >= 4 is 17.2 Å². The highest BCUT2D eigenvalue weighted by Crippen LogP contribution is 2.47. The molecule has 1 saturated carbocycles. The van der Waals surface area contributed by atoms with Crippen molar-refractivity contribution in [3.8, 4) is 0 Å². The Bertz CT molecular complexity index is 654. The average Bonchev–Trinajstić information content (AvgIpc) is 2.88. The first kappa shape index (κ1) is 12.2. The van der Waals surface area contributed by atoms with Crippen LogP contribution < -0.4 is 0 Å². The van der Waals surface area contributed by atoms with Gasteiger partial charge in [0.1, 0.15) is 0 Å². The molecule has 1 aromatic carbocycles. The van der Waals surface area contributed by atoms with Gasteiger partial charge in [-0.15, -0.1) is 0 Å². The maximum absolute atomic E-state index is 10.8. The van der Waals surface area contributed by atoms with Crippen molar-refractivity contribution in [3.05, 3.63) is 35.5 Å². The fraction of sp³-hybridized carbons (Fsp3) is 0.471. The SMILES string of the molecule is O=Cc1cc2cc(C3CCOC4(CCC4)C3)ccc2[nH]1. The fourth-order valence-corrected chi connectivity index (χ4v) is 3.72. The zero-order valence-electron chi connectivity index (χ0n) is 11.5. The number of aldehydes is 1. The largest absolute Gasteiger partial charge is 0.375 e. The molecule has 1 aromatic heterocycles. The van der Waals surface area contributed by atoms with Gasteiger partial charge in [0.05, 0.1) is 11.3 Å². The van der Waals surface area contributed by atoms with Gasteiger partial charge in [0.25, 0.3) is 0 Å². The summed E-state index contributed by atoms with van der Waals surface area (Å²) in [6, 6.07) is 8.47. The number of carbonyl (C=O) groups excluding carboxylic acids is 1. The quantitative estimate of drug-likeness (QED) is 0.843. The molecule has 2 aromatic rings. The molecule has 1 saturated heterocycles. The molecule has 1 atom stereocenters. The average molecular weight is 269 g/mol. The lowest BCUT2D eigenvalue weighted by atomic mass is 9.70. The van der Waals surface area contributed by atoms with E-state index in [1.54, 1.807) is 0 Å². The highest BCUT2D eigenvalue weighted by Gasteiger charge is 2.42. The molecule has 0 bridgehead atoms. The van der Waals surface area contributed by atoms with Crippen molar-refractivity contribution in [2.75, 3.05) is 6.61 Å². The van der Waals surface area contributed by atoms with E-state index in [0.29, 0.717) is 11.6 Å². The summed E-state index contributed by atoms with van der Waals surface area (Å²) in [5.41, 5.74) is 3.27. The summed E-state index contributed by atoms with van der Waals surface area (Å²) in [7, 11) is 0. The summed E-state index contributed by atoms with van der Waals surface area (Å²) in [5.74, 6) is 0.600. The number of aromatic nitrogens is 1. The molecule has 1 N–H and O–H groups in total. The number of nitrogens with one attached hydrogen (secondary N) is 1. The van der Waals surface area contributed by atoms with Crippen molar-refractivity contribution < 1.29 is 9.53 Å². The summed E-state index contributed by atoms with van der Waals surface area (Å²) < 4.78 is 6.01. The lowest BCUT2D eigenvalue weighted by molar-refractivity contribution is -0.133. The number of rotatable bonds is 2. The van der Waals surface area contributed by atoms with Crippen LogP contribution in [-0.2, 0) is 4.74 Å². The van der Waals surface area contributed by atoms with Gasteiger partial charge < -0.3 is 9.72 Å². The molecule has 0 amide bonds. The maximum atomic E-state index is 10.8. The minimum Gasteiger partial charge on any atom is -0.375 e. The number of hydrogen-bond acceptors (Lipinski definition) is 2. The summed E-state index contributed by atoms with van der Waals surface area (Å²) in [6.45, 7) is 0.884. The van der Waals surface area contributed by atoms with Gasteiger partial charge in [-0.3, -0.25) is 4.79 Å². The molecule has 3 heteroatoms. The molecule has 1 spiro atoms. The number of hydrogen-bond donors (Lipinski definition) is 1. The van der Waals surface area contributed by atoms with E-state index in [9.17, 15) is 4.79 Å². The number of benzene rings is 1. The van der Waals surface area contributed by atoms with Crippen molar-refractivity contribution in [1.82, 2.24) is 4.98 Å². The van der Waals surface area contributed by atoms with E-state index < -0.39 is 0 Å². The van der Waals surface area contributed by atoms with Crippen LogP contribution in [0.3, 0.4) is 0 Å². The third kappa shape index (κ3) is 1.88. The molecular formula is C17H19NO2. The van der Waals surface area contributed by atoms with Gasteiger partial charge in [-0.2, -0.15) is 0 Å². The highest BCUT2D eigenvalue weighted by atomic mass is 16.5. The van der Waals surface area contributed by atoms with Crippen LogP contribution in [0, 0.1) is 0 Å². The van der Waals surface area contributed by atoms with E-state index in [1.807, 2.05) is 6.07 Å². The predicted molar refractivity (Wildman–Crippen MR) is 78.2 cm³/mol. The topological polar surface area (TPSA) is 42.1 Å². The summed E-state index contributed by atoms with van der Waals surface area (Å²) >= 11 is 0. The van der Waals surface area contributed by atoms with E-state index in [2.05, 4.69) is 23.2 Å². The van der Waals surface area contributed by atoms with Crippen LogP contribution in [0.25, 0.3) is 10.9 Å². The van der Waals surface area contributed by atoms with Crippen molar-refractivity contribution in [2.45, 2.75) is 43.6 Å². The molecule has 20 heavy (non-hydrogen) atoms. The zero-order chi connectivity index (χ0) is 13.6. The Kier molecular flexibility index (Phi) is 2.71. The van der Waals surface area contributed by atoms with Gasteiger partial charge in [0.15, 0.2) is 6.29 Å². The molecule has 4 rings (SSSR count). The normalized spacial score (nSPS) is 24.7. The van der Waals surface area contributed by atoms with Crippen LogP contribution in [0.2, 0.25) is 0 Å². The number of ether oxygens (including phenoxy) is 1. The first-order valence-corrected chi connectivity index (χ1v) is 7.50. The minimum atomic E-state index is 0.185. The Morgan fingerprint density at radius 3 is 2.95 bits per heavy atom. The number of aromatic amines is 1. The highest BCUT2D eigenvalue weighted by molar-refractivity contribution is 5.88. The van der Waals surface area contributed by atoms with E-state index in [-0.39, 0.29) is 5.60 Å². The molecule has 0 radical (unpaired) electrons. The lowest BCUT2D eigenvalue weighted by Gasteiger charge is -2.47. The predicted octanol–water partition coefficient (Wildman–Crippen LogP) is 3.80. The Morgan fingerprint density at radius 1 is 1.30 bits per heavy atom. The van der Waals surface area contributed by atoms with Gasteiger partial charge in [-0.1, -0.05) is 6.07 Å². The first-order chi connectivity index (χ1) is 9.78. The maximum Gasteiger partial charge on any atom is 0.166 e. The Labute approximate surface area is 118 Å². The van der Waals surface area contributed by atoms with E-state index in [0.717, 1.165) is 36.6 Å². The summed E-state index contributed by atoms with van der Waals surface area (Å²) in [6.07, 6.45) is 6.90. The van der Waals surface area contributed by atoms with Crippen LogP contribution in [0.4, 0.5) is 0 Å². The van der Waals surface area contributed by atoms with E-state index >= 15 is 0 Å². The second-order valence-electron chi connectivity index (χ2n) is 6.26. The van der Waals surface area contributed by atoms with Crippen LogP contribution in [0.1, 0.15) is 54.1 Å². The third-order valence-electron chi connectivity index (χ3n) is 5.02. The molecule has 1 aliphatic carbocycles. The van der Waals surface area contributed by atoms with Crippen LogP contribution in [0.15, 0.2) is 24.3 Å². The van der Waals surface area contributed by atoms with Crippen LogP contribution in [-0.4, -0.2) is 23.5 Å². The van der Waals surface area contributed by atoms with Crippen molar-refractivity contribution in [2.24, 2.45) is 0 Å². The Balaban J connectivity index is 1.65. The third-order valence-corrected chi connectivity index (χ3v) is 5.02. The van der Waals surface area contributed by atoms with Gasteiger partial charge in [0.2, 0.25) is 0 Å². The van der Waals surface area contributed by atoms with E-state index in [4.69, 9.17) is 4.74 Å². The molecule has 104 valence electrons. The first-order valence-electron chi connectivity index (χ1n) is 7.50. The molecular weight excluding hydrogens is 250 g/mol. The second-order valence-corrected chi connectivity index (χ2v) is 6.26. The smallest absolute Gasteiger partial charge is 0.166 e. The van der Waals surface area contributed by atoms with Crippen molar-refractivity contribution in [3.63, 3.8) is 0 Å².